The smallest absolute Gasteiger partial charge is 0.0132 e. The Morgan fingerprint density at radius 3 is 1.06 bits per heavy atom. The molecule has 3 rings (SSSR count). The van der Waals surface area contributed by atoms with Crippen LogP contribution < -0.4 is 11.5 Å². The zero-order valence-corrected chi connectivity index (χ0v) is 20.3. The molecule has 0 heterocycles. The van der Waals surface area contributed by atoms with Gasteiger partial charge in [0.15, 0.2) is 0 Å². The van der Waals surface area contributed by atoms with E-state index in [2.05, 4.69) is 106 Å². The van der Waals surface area contributed by atoms with Crippen LogP contribution in [0.3, 0.4) is 0 Å². The van der Waals surface area contributed by atoms with E-state index < -0.39 is 0 Å². The molecular weight excluding hydrogens is 388 g/mol. The number of hydrogen-bond donors (Lipinski definition) is 2. The summed E-state index contributed by atoms with van der Waals surface area (Å²) in [5.41, 5.74) is 16.5. The number of hydrogen-bond acceptors (Lipinski definition) is 2. The molecule has 172 valence electrons. The van der Waals surface area contributed by atoms with Crippen LogP contribution in [0.15, 0.2) is 91.0 Å². The van der Waals surface area contributed by atoms with Gasteiger partial charge in [0.1, 0.15) is 0 Å². The summed E-state index contributed by atoms with van der Waals surface area (Å²) >= 11 is 0. The average Bonchev–Trinajstić information content (AvgIpc) is 2.83. The average molecular weight is 431 g/mol. The summed E-state index contributed by atoms with van der Waals surface area (Å²) in [6.07, 6.45) is 7.37. The Kier molecular flexibility index (Phi) is 10.7. The number of nitrogens with two attached hydrogens (primary N) is 2. The summed E-state index contributed by atoms with van der Waals surface area (Å²) in [5, 5.41) is 0. The molecule has 0 aliphatic carbocycles. The van der Waals surface area contributed by atoms with Gasteiger partial charge in [-0.3, -0.25) is 0 Å². The van der Waals surface area contributed by atoms with Crippen LogP contribution in [0.25, 0.3) is 0 Å². The van der Waals surface area contributed by atoms with Crippen molar-refractivity contribution >= 4 is 0 Å². The normalized spacial score (nSPS) is 13.0. The molecule has 0 saturated heterocycles. The van der Waals surface area contributed by atoms with E-state index in [-0.39, 0.29) is 11.1 Å². The van der Waals surface area contributed by atoms with Crippen molar-refractivity contribution in [3.63, 3.8) is 0 Å². The fourth-order valence-electron chi connectivity index (χ4n) is 3.53. The number of aryl methyl sites for hydroxylation is 3. The first kappa shape index (κ1) is 25.8. The zero-order valence-electron chi connectivity index (χ0n) is 20.3. The van der Waals surface area contributed by atoms with Gasteiger partial charge in [0, 0.05) is 11.1 Å². The van der Waals surface area contributed by atoms with Crippen LogP contribution >= 0.6 is 0 Å². The predicted molar refractivity (Wildman–Crippen MR) is 140 cm³/mol. The molecule has 0 spiro atoms. The lowest BCUT2D eigenvalue weighted by Crippen LogP contribution is -2.37. The highest BCUT2D eigenvalue weighted by molar-refractivity contribution is 5.17. The third kappa shape index (κ3) is 10.7. The Bertz CT molecular complexity index is 810. The molecule has 0 aliphatic heterocycles. The first-order valence-electron chi connectivity index (χ1n) is 12.0. The molecule has 2 heteroatoms. The molecule has 3 aromatic carbocycles. The van der Waals surface area contributed by atoms with E-state index in [0.29, 0.717) is 0 Å². The third-order valence-electron chi connectivity index (χ3n) is 6.29. The second-order valence-electron chi connectivity index (χ2n) is 9.62. The van der Waals surface area contributed by atoms with Crippen molar-refractivity contribution in [3.8, 4) is 0 Å². The topological polar surface area (TPSA) is 52.0 Å². The van der Waals surface area contributed by atoms with Crippen molar-refractivity contribution in [1.29, 1.82) is 0 Å². The molecule has 0 bridgehead atoms. The standard InChI is InChI=1S/C18H23N.C12H19N/c1-18(19,14-12-16-8-4-2-5-9-16)15-13-17-10-6-3-7-11-17;1-3-12(2,13)10-9-11-7-5-4-6-8-11/h2-11H,12-15,19H2,1H3;4-8H,3,9-10,13H2,1-2H3. The van der Waals surface area contributed by atoms with Crippen molar-refractivity contribution in [1.82, 2.24) is 0 Å². The number of benzene rings is 3. The highest BCUT2D eigenvalue weighted by Gasteiger charge is 2.18. The predicted octanol–water partition coefficient (Wildman–Crippen LogP) is 6.72. The summed E-state index contributed by atoms with van der Waals surface area (Å²) in [6, 6.07) is 31.7. The zero-order chi connectivity index (χ0) is 23.3. The Hall–Kier alpha value is -2.42. The van der Waals surface area contributed by atoms with Gasteiger partial charge in [-0.1, -0.05) is 97.9 Å². The molecule has 0 amide bonds. The third-order valence-corrected chi connectivity index (χ3v) is 6.29. The van der Waals surface area contributed by atoms with Gasteiger partial charge >= 0.3 is 0 Å². The van der Waals surface area contributed by atoms with E-state index >= 15 is 0 Å². The fraction of sp³-hybridized carbons (Fsp3) is 0.400. The largest absolute Gasteiger partial charge is 0.325 e. The minimum Gasteiger partial charge on any atom is -0.325 e. The second-order valence-corrected chi connectivity index (χ2v) is 9.62. The Morgan fingerprint density at radius 1 is 0.500 bits per heavy atom. The van der Waals surface area contributed by atoms with Crippen LogP contribution in [0, 0.1) is 0 Å². The second kappa shape index (κ2) is 13.2. The maximum absolute atomic E-state index is 6.41. The van der Waals surface area contributed by atoms with Gasteiger partial charge in [0.05, 0.1) is 0 Å². The minimum absolute atomic E-state index is 0.00413. The van der Waals surface area contributed by atoms with Crippen LogP contribution in [-0.2, 0) is 19.3 Å². The summed E-state index contributed by atoms with van der Waals surface area (Å²) in [4.78, 5) is 0. The van der Waals surface area contributed by atoms with Gasteiger partial charge in [-0.2, -0.15) is 0 Å². The van der Waals surface area contributed by atoms with Crippen molar-refractivity contribution in [2.75, 3.05) is 0 Å². The lowest BCUT2D eigenvalue weighted by Gasteiger charge is -2.24. The fourth-order valence-corrected chi connectivity index (χ4v) is 3.53. The minimum atomic E-state index is -0.0916. The lowest BCUT2D eigenvalue weighted by atomic mass is 9.88. The van der Waals surface area contributed by atoms with E-state index in [9.17, 15) is 0 Å². The molecule has 0 fully saturated rings. The van der Waals surface area contributed by atoms with E-state index in [1.165, 1.54) is 16.7 Å². The highest BCUT2D eigenvalue weighted by Crippen LogP contribution is 2.18. The van der Waals surface area contributed by atoms with E-state index in [1.54, 1.807) is 0 Å². The van der Waals surface area contributed by atoms with Gasteiger partial charge in [-0.15, -0.1) is 0 Å². The molecule has 1 atom stereocenters. The van der Waals surface area contributed by atoms with Crippen molar-refractivity contribution in [3.05, 3.63) is 108 Å². The molecule has 0 aliphatic rings. The van der Waals surface area contributed by atoms with E-state index in [0.717, 1.165) is 44.9 Å². The first-order valence-corrected chi connectivity index (χ1v) is 12.0. The molecule has 0 saturated carbocycles. The maximum Gasteiger partial charge on any atom is 0.0132 e. The van der Waals surface area contributed by atoms with Gasteiger partial charge in [-0.25, -0.2) is 0 Å². The molecule has 32 heavy (non-hydrogen) atoms. The quantitative estimate of drug-likeness (QED) is 0.375. The molecule has 4 N–H and O–H groups in total. The molecule has 0 aromatic heterocycles. The van der Waals surface area contributed by atoms with E-state index in [4.69, 9.17) is 11.5 Å². The van der Waals surface area contributed by atoms with E-state index in [1.807, 2.05) is 6.07 Å². The van der Waals surface area contributed by atoms with Crippen LogP contribution in [0.2, 0.25) is 0 Å². The summed E-state index contributed by atoms with van der Waals surface area (Å²) in [5.74, 6) is 0. The molecule has 3 aromatic rings. The summed E-state index contributed by atoms with van der Waals surface area (Å²) < 4.78 is 0. The van der Waals surface area contributed by atoms with Crippen molar-refractivity contribution in [2.45, 2.75) is 76.8 Å². The number of rotatable bonds is 10. The van der Waals surface area contributed by atoms with Crippen molar-refractivity contribution < 1.29 is 0 Å². The van der Waals surface area contributed by atoms with Crippen molar-refractivity contribution in [2.24, 2.45) is 11.5 Å². The molecule has 2 nitrogen and oxygen atoms in total. The molecule has 0 radical (unpaired) electrons. The Balaban J connectivity index is 0.000000244. The molecular formula is C30H42N2. The monoisotopic (exact) mass is 430 g/mol. The van der Waals surface area contributed by atoms with Crippen LogP contribution in [0.4, 0.5) is 0 Å². The van der Waals surface area contributed by atoms with Gasteiger partial charge in [0.2, 0.25) is 0 Å². The Labute approximate surface area is 196 Å². The van der Waals surface area contributed by atoms with Crippen LogP contribution in [-0.4, -0.2) is 11.1 Å². The highest BCUT2D eigenvalue weighted by atomic mass is 14.7. The van der Waals surface area contributed by atoms with Crippen LogP contribution in [0.1, 0.15) is 63.1 Å². The SMILES string of the molecule is CC(N)(CCc1ccccc1)CCc1ccccc1.CCC(C)(N)CCc1ccccc1. The summed E-state index contributed by atoms with van der Waals surface area (Å²) in [7, 11) is 0. The lowest BCUT2D eigenvalue weighted by molar-refractivity contribution is 0.401. The van der Waals surface area contributed by atoms with Gasteiger partial charge in [-0.05, 0) is 75.5 Å². The molecule has 1 unspecified atom stereocenters. The van der Waals surface area contributed by atoms with Gasteiger partial charge in [0.25, 0.3) is 0 Å². The van der Waals surface area contributed by atoms with Gasteiger partial charge < -0.3 is 11.5 Å². The maximum atomic E-state index is 6.41. The Morgan fingerprint density at radius 2 is 0.781 bits per heavy atom. The summed E-state index contributed by atoms with van der Waals surface area (Å²) in [6.45, 7) is 6.43. The van der Waals surface area contributed by atoms with Crippen LogP contribution in [0.5, 0.6) is 0 Å². The first-order chi connectivity index (χ1) is 15.3.